The summed E-state index contributed by atoms with van der Waals surface area (Å²) in [6, 6.07) is 12.1. The quantitative estimate of drug-likeness (QED) is 0.212. The SMILES string of the molecule is C=CS(=O)(=O)NCc1ncc(C(=O)Nc2cccc(C(C)Nc3cncc(-c4ccc(O)c(OC)c4)n3)c2)cn1. The number of anilines is 2. The average Bonchev–Trinajstić information content (AvgIpc) is 2.97. The number of rotatable bonds is 11. The highest BCUT2D eigenvalue weighted by Gasteiger charge is 2.13. The van der Waals surface area contributed by atoms with Crippen molar-refractivity contribution in [2.75, 3.05) is 17.7 Å². The zero-order chi connectivity index (χ0) is 28.7. The molecule has 1 unspecified atom stereocenters. The third kappa shape index (κ3) is 7.15. The van der Waals surface area contributed by atoms with Gasteiger partial charge in [-0.25, -0.2) is 28.1 Å². The van der Waals surface area contributed by atoms with Crippen LogP contribution in [0.15, 0.2) is 79.2 Å². The van der Waals surface area contributed by atoms with E-state index < -0.39 is 15.9 Å². The van der Waals surface area contributed by atoms with E-state index in [-0.39, 0.29) is 29.7 Å². The summed E-state index contributed by atoms with van der Waals surface area (Å²) in [4.78, 5) is 29.7. The lowest BCUT2D eigenvalue weighted by atomic mass is 10.1. The number of aromatic hydroxyl groups is 1. The van der Waals surface area contributed by atoms with E-state index in [1.54, 1.807) is 30.6 Å². The fraction of sp³-hybridized carbons (Fsp3) is 0.148. The molecule has 0 aliphatic heterocycles. The number of phenolic OH excluding ortho intramolecular Hbond substituents is 1. The monoisotopic (exact) mass is 561 g/mol. The Morgan fingerprint density at radius 2 is 1.90 bits per heavy atom. The van der Waals surface area contributed by atoms with Gasteiger partial charge in [-0.1, -0.05) is 18.7 Å². The summed E-state index contributed by atoms with van der Waals surface area (Å²) in [6.45, 7) is 5.04. The number of amides is 1. The number of hydrogen-bond acceptors (Lipinski definition) is 10. The fourth-order valence-electron chi connectivity index (χ4n) is 3.59. The molecule has 40 heavy (non-hydrogen) atoms. The lowest BCUT2D eigenvalue weighted by Crippen LogP contribution is -2.22. The molecular formula is C27H27N7O5S. The van der Waals surface area contributed by atoms with Gasteiger partial charge in [-0.15, -0.1) is 0 Å². The molecule has 4 N–H and O–H groups in total. The van der Waals surface area contributed by atoms with Crippen LogP contribution >= 0.6 is 0 Å². The van der Waals surface area contributed by atoms with Crippen LogP contribution in [-0.2, 0) is 16.6 Å². The van der Waals surface area contributed by atoms with Gasteiger partial charge in [0.1, 0.15) is 11.6 Å². The molecule has 1 amide bonds. The summed E-state index contributed by atoms with van der Waals surface area (Å²) in [5.41, 5.74) is 3.00. The number of sulfonamides is 1. The number of nitrogens with zero attached hydrogens (tertiary/aromatic N) is 4. The number of carbonyl (C=O) groups is 1. The van der Waals surface area contributed by atoms with Crippen molar-refractivity contribution in [2.24, 2.45) is 0 Å². The maximum absolute atomic E-state index is 12.7. The van der Waals surface area contributed by atoms with Crippen LogP contribution in [0, 0.1) is 0 Å². The summed E-state index contributed by atoms with van der Waals surface area (Å²) in [5, 5.41) is 16.8. The Morgan fingerprint density at radius 1 is 1.12 bits per heavy atom. The zero-order valence-corrected chi connectivity index (χ0v) is 22.5. The number of methoxy groups -OCH3 is 1. The van der Waals surface area contributed by atoms with Gasteiger partial charge in [0.25, 0.3) is 5.91 Å². The Morgan fingerprint density at radius 3 is 2.62 bits per heavy atom. The van der Waals surface area contributed by atoms with Gasteiger partial charge in [0, 0.05) is 29.1 Å². The van der Waals surface area contributed by atoms with Crippen LogP contribution in [0.25, 0.3) is 11.3 Å². The fourth-order valence-corrected chi connectivity index (χ4v) is 4.04. The summed E-state index contributed by atoms with van der Waals surface area (Å²) in [5.74, 6) is 0.703. The normalized spacial score (nSPS) is 11.8. The molecule has 13 heteroatoms. The Kier molecular flexibility index (Phi) is 8.67. The Balaban J connectivity index is 1.41. The standard InChI is InChI=1S/C27H27N7O5S/c1-4-40(37,38)31-16-25-29-12-20(13-30-25)27(36)33-21-7-5-6-18(10-21)17(2)32-26-15-28-14-22(34-26)19-8-9-23(35)24(11-19)39-3/h4-15,17,31,35H,1,16H2,2-3H3,(H,32,34)(H,33,36). The van der Waals surface area contributed by atoms with Crippen LogP contribution in [0.2, 0.25) is 0 Å². The van der Waals surface area contributed by atoms with Gasteiger partial charge in [-0.2, -0.15) is 0 Å². The number of carbonyl (C=O) groups excluding carboxylic acids is 1. The van der Waals surface area contributed by atoms with E-state index in [0.717, 1.165) is 16.5 Å². The number of benzene rings is 2. The first-order valence-corrected chi connectivity index (χ1v) is 13.5. The van der Waals surface area contributed by atoms with Crippen molar-refractivity contribution in [1.29, 1.82) is 0 Å². The summed E-state index contributed by atoms with van der Waals surface area (Å²) in [7, 11) is -2.13. The minimum absolute atomic E-state index is 0.0350. The van der Waals surface area contributed by atoms with E-state index in [9.17, 15) is 18.3 Å². The minimum atomic E-state index is -3.61. The van der Waals surface area contributed by atoms with E-state index in [1.165, 1.54) is 25.6 Å². The van der Waals surface area contributed by atoms with Gasteiger partial charge >= 0.3 is 0 Å². The molecule has 2 aromatic heterocycles. The highest BCUT2D eigenvalue weighted by molar-refractivity contribution is 7.92. The van der Waals surface area contributed by atoms with Crippen molar-refractivity contribution in [3.63, 3.8) is 0 Å². The van der Waals surface area contributed by atoms with Crippen molar-refractivity contribution in [2.45, 2.75) is 19.5 Å². The van der Waals surface area contributed by atoms with Crippen LogP contribution in [0.4, 0.5) is 11.5 Å². The van der Waals surface area contributed by atoms with Gasteiger partial charge in [0.2, 0.25) is 10.0 Å². The molecule has 1 atom stereocenters. The molecule has 12 nitrogen and oxygen atoms in total. The predicted molar refractivity (Wildman–Crippen MR) is 150 cm³/mol. The molecule has 0 saturated heterocycles. The maximum Gasteiger partial charge on any atom is 0.258 e. The van der Waals surface area contributed by atoms with E-state index in [4.69, 9.17) is 4.74 Å². The average molecular weight is 562 g/mol. The molecule has 0 bridgehead atoms. The molecule has 0 spiro atoms. The summed E-state index contributed by atoms with van der Waals surface area (Å²) in [6.07, 6.45) is 5.87. The second-order valence-corrected chi connectivity index (χ2v) is 10.3. The molecule has 0 aliphatic carbocycles. The van der Waals surface area contributed by atoms with Gasteiger partial charge in [-0.3, -0.25) is 9.78 Å². The molecule has 4 aromatic rings. The minimum Gasteiger partial charge on any atom is -0.504 e. The number of phenols is 1. The van der Waals surface area contributed by atoms with Crippen molar-refractivity contribution in [1.82, 2.24) is 24.7 Å². The second kappa shape index (κ2) is 12.3. The number of hydrogen-bond donors (Lipinski definition) is 4. The Hall–Kier alpha value is -4.88. The first kappa shape index (κ1) is 28.1. The van der Waals surface area contributed by atoms with Gasteiger partial charge in [-0.05, 0) is 42.8 Å². The van der Waals surface area contributed by atoms with Crippen LogP contribution < -0.4 is 20.1 Å². The van der Waals surface area contributed by atoms with Gasteiger partial charge in [0.05, 0.1) is 43.3 Å². The molecule has 0 radical (unpaired) electrons. The third-order valence-electron chi connectivity index (χ3n) is 5.74. The topological polar surface area (TPSA) is 168 Å². The Labute approximate surface area is 231 Å². The zero-order valence-electron chi connectivity index (χ0n) is 21.7. The van der Waals surface area contributed by atoms with Crippen LogP contribution in [0.1, 0.15) is 34.7 Å². The van der Waals surface area contributed by atoms with Crippen LogP contribution in [0.5, 0.6) is 11.5 Å². The molecule has 4 rings (SSSR count). The lowest BCUT2D eigenvalue weighted by Gasteiger charge is -2.16. The molecule has 0 fully saturated rings. The molecule has 206 valence electrons. The second-order valence-electron chi connectivity index (χ2n) is 8.54. The Bertz CT molecular complexity index is 1630. The van der Waals surface area contributed by atoms with Gasteiger partial charge in [0.15, 0.2) is 11.5 Å². The number of nitrogens with one attached hydrogen (secondary N) is 3. The highest BCUT2D eigenvalue weighted by Crippen LogP contribution is 2.31. The molecule has 0 aliphatic rings. The summed E-state index contributed by atoms with van der Waals surface area (Å²) >= 11 is 0. The van der Waals surface area contributed by atoms with Crippen molar-refractivity contribution < 1.29 is 23.1 Å². The third-order valence-corrected chi connectivity index (χ3v) is 6.72. The molecule has 2 aromatic carbocycles. The van der Waals surface area contributed by atoms with Crippen molar-refractivity contribution in [3.8, 4) is 22.8 Å². The number of aromatic nitrogens is 4. The van der Waals surface area contributed by atoms with Crippen molar-refractivity contribution >= 4 is 27.4 Å². The number of ether oxygens (including phenoxy) is 1. The van der Waals surface area contributed by atoms with Crippen LogP contribution in [-0.4, -0.2) is 46.5 Å². The van der Waals surface area contributed by atoms with Gasteiger partial charge < -0.3 is 20.5 Å². The van der Waals surface area contributed by atoms with Crippen LogP contribution in [0.3, 0.4) is 0 Å². The smallest absolute Gasteiger partial charge is 0.258 e. The maximum atomic E-state index is 12.7. The van der Waals surface area contributed by atoms with E-state index >= 15 is 0 Å². The van der Waals surface area contributed by atoms with E-state index in [0.29, 0.717) is 22.9 Å². The summed E-state index contributed by atoms with van der Waals surface area (Å²) < 4.78 is 30.4. The van der Waals surface area contributed by atoms with E-state index in [1.807, 2.05) is 25.1 Å². The first-order chi connectivity index (χ1) is 19.2. The highest BCUT2D eigenvalue weighted by atomic mass is 32.2. The van der Waals surface area contributed by atoms with E-state index in [2.05, 4.69) is 41.9 Å². The largest absolute Gasteiger partial charge is 0.504 e. The lowest BCUT2D eigenvalue weighted by molar-refractivity contribution is 0.102. The molecule has 0 saturated carbocycles. The predicted octanol–water partition coefficient (Wildman–Crippen LogP) is 3.64. The first-order valence-electron chi connectivity index (χ1n) is 12.0. The molecular weight excluding hydrogens is 534 g/mol. The molecule has 2 heterocycles. The van der Waals surface area contributed by atoms with Crippen molar-refractivity contribution in [3.05, 3.63) is 96.2 Å².